The Morgan fingerprint density at radius 2 is 1.92 bits per heavy atom. The van der Waals surface area contributed by atoms with Crippen LogP contribution >= 0.6 is 0 Å². The minimum absolute atomic E-state index is 0.0797. The monoisotopic (exact) mass is 358 g/mol. The maximum atomic E-state index is 13.4. The zero-order chi connectivity index (χ0) is 18.8. The first-order valence-electron chi connectivity index (χ1n) is 7.76. The van der Waals surface area contributed by atoms with E-state index in [9.17, 15) is 27.2 Å². The van der Waals surface area contributed by atoms with Gasteiger partial charge in [-0.25, -0.2) is 4.39 Å². The molecule has 0 unspecified atom stereocenters. The number of carbonyl (C=O) groups is 1. The zero-order valence-electron chi connectivity index (χ0n) is 13.8. The van der Waals surface area contributed by atoms with Crippen molar-refractivity contribution in [2.24, 2.45) is 5.92 Å². The molecule has 0 saturated carbocycles. The van der Waals surface area contributed by atoms with Crippen LogP contribution in [0.15, 0.2) is 29.1 Å². The van der Waals surface area contributed by atoms with Gasteiger partial charge in [0.05, 0.1) is 5.39 Å². The van der Waals surface area contributed by atoms with Gasteiger partial charge in [0.1, 0.15) is 18.1 Å². The number of amides is 1. The van der Waals surface area contributed by atoms with Gasteiger partial charge in [0.15, 0.2) is 0 Å². The first kappa shape index (κ1) is 19.0. The molecule has 0 aliphatic carbocycles. The average molecular weight is 358 g/mol. The lowest BCUT2D eigenvalue weighted by Crippen LogP contribution is -2.37. The summed E-state index contributed by atoms with van der Waals surface area (Å²) < 4.78 is 51.5. The Labute approximate surface area is 141 Å². The lowest BCUT2D eigenvalue weighted by atomic mass is 10.1. The normalized spacial score (nSPS) is 12.0. The second-order valence-electron chi connectivity index (χ2n) is 6.20. The third-order valence-electron chi connectivity index (χ3n) is 3.69. The number of fused-ring (bicyclic) bond motifs is 1. The summed E-state index contributed by atoms with van der Waals surface area (Å²) in [4.78, 5) is 24.8. The molecule has 1 aromatic heterocycles. The minimum atomic E-state index is -4.56. The largest absolute Gasteiger partial charge is 0.405 e. The van der Waals surface area contributed by atoms with Crippen molar-refractivity contribution in [1.82, 2.24) is 9.88 Å². The van der Waals surface area contributed by atoms with Gasteiger partial charge in [0.25, 0.3) is 11.5 Å². The van der Waals surface area contributed by atoms with Crippen molar-refractivity contribution < 1.29 is 22.4 Å². The van der Waals surface area contributed by atoms with Gasteiger partial charge >= 0.3 is 6.18 Å². The summed E-state index contributed by atoms with van der Waals surface area (Å²) in [5.41, 5.74) is -0.774. The third kappa shape index (κ3) is 4.80. The predicted octanol–water partition coefficient (Wildman–Crippen LogP) is 3.48. The number of aromatic nitrogens is 1. The Hall–Kier alpha value is -2.38. The van der Waals surface area contributed by atoms with Gasteiger partial charge in [0.2, 0.25) is 0 Å². The Bertz CT molecular complexity index is 841. The number of carbonyl (C=O) groups excluding carboxylic acids is 1. The number of hydrogen-bond acceptors (Lipinski definition) is 2. The highest BCUT2D eigenvalue weighted by Crippen LogP contribution is 2.17. The predicted molar refractivity (Wildman–Crippen MR) is 86.0 cm³/mol. The highest BCUT2D eigenvalue weighted by Gasteiger charge is 2.28. The van der Waals surface area contributed by atoms with E-state index in [1.807, 2.05) is 13.8 Å². The second kappa shape index (κ2) is 7.25. The first-order chi connectivity index (χ1) is 11.6. The fourth-order valence-corrected chi connectivity index (χ4v) is 2.39. The van der Waals surface area contributed by atoms with Gasteiger partial charge in [0, 0.05) is 6.54 Å². The summed E-state index contributed by atoms with van der Waals surface area (Å²) >= 11 is 0. The highest BCUT2D eigenvalue weighted by atomic mass is 19.4. The Kier molecular flexibility index (Phi) is 5.49. The lowest BCUT2D eigenvalue weighted by Gasteiger charge is -2.16. The van der Waals surface area contributed by atoms with Gasteiger partial charge in [-0.3, -0.25) is 9.59 Å². The summed E-state index contributed by atoms with van der Waals surface area (Å²) in [6.07, 6.45) is -4.01. The number of halogens is 4. The molecule has 0 radical (unpaired) electrons. The number of alkyl halides is 3. The van der Waals surface area contributed by atoms with Gasteiger partial charge < -0.3 is 9.88 Å². The molecule has 0 bridgehead atoms. The minimum Gasteiger partial charge on any atom is -0.342 e. The molecule has 2 rings (SSSR count). The topological polar surface area (TPSA) is 51.1 Å². The van der Waals surface area contributed by atoms with Crippen LogP contribution in [0, 0.1) is 11.7 Å². The maximum Gasteiger partial charge on any atom is 0.405 e. The highest BCUT2D eigenvalue weighted by molar-refractivity contribution is 5.96. The molecule has 0 aliphatic heterocycles. The van der Waals surface area contributed by atoms with E-state index >= 15 is 0 Å². The number of hydrogen-bond donors (Lipinski definition) is 1. The van der Waals surface area contributed by atoms with Gasteiger partial charge in [-0.2, -0.15) is 13.2 Å². The fourth-order valence-electron chi connectivity index (χ4n) is 2.39. The van der Waals surface area contributed by atoms with E-state index in [4.69, 9.17) is 0 Å². The molecule has 0 saturated heterocycles. The van der Waals surface area contributed by atoms with Crippen LogP contribution in [0.2, 0.25) is 0 Å². The SMILES string of the molecule is CC(C)CCn1c(C(=O)NCC(F)(F)F)cc2ccc(F)cc2c1=O. The number of pyridine rings is 1. The molecule has 1 aromatic carbocycles. The van der Waals surface area contributed by atoms with Crippen molar-refractivity contribution in [3.8, 4) is 0 Å². The Morgan fingerprint density at radius 3 is 2.52 bits per heavy atom. The van der Waals surface area contributed by atoms with E-state index in [0.29, 0.717) is 11.8 Å². The number of benzene rings is 1. The molecule has 0 spiro atoms. The van der Waals surface area contributed by atoms with E-state index in [1.165, 1.54) is 12.1 Å². The van der Waals surface area contributed by atoms with Crippen LogP contribution in [0.5, 0.6) is 0 Å². The van der Waals surface area contributed by atoms with Crippen LogP contribution in [0.3, 0.4) is 0 Å². The lowest BCUT2D eigenvalue weighted by molar-refractivity contribution is -0.123. The molecular weight excluding hydrogens is 340 g/mol. The van der Waals surface area contributed by atoms with Crippen LogP contribution in [0.25, 0.3) is 10.8 Å². The van der Waals surface area contributed by atoms with Gasteiger partial charge in [-0.1, -0.05) is 19.9 Å². The summed E-state index contributed by atoms with van der Waals surface area (Å²) in [7, 11) is 0. The summed E-state index contributed by atoms with van der Waals surface area (Å²) in [5, 5.41) is 2.15. The summed E-state index contributed by atoms with van der Waals surface area (Å²) in [5.74, 6) is -1.39. The molecule has 2 aromatic rings. The van der Waals surface area contributed by atoms with Crippen LogP contribution in [-0.2, 0) is 6.54 Å². The standard InChI is InChI=1S/C17H18F4N2O2/c1-10(2)5-6-23-14(15(24)22-9-17(19,20)21)7-11-3-4-12(18)8-13(11)16(23)25/h3-4,7-8,10H,5-6,9H2,1-2H3,(H,22,24). The number of nitrogens with one attached hydrogen (secondary N) is 1. The summed E-state index contributed by atoms with van der Waals surface area (Å²) in [6.45, 7) is 2.48. The van der Waals surface area contributed by atoms with Crippen molar-refractivity contribution in [3.05, 3.63) is 46.1 Å². The van der Waals surface area contributed by atoms with Gasteiger partial charge in [-0.15, -0.1) is 0 Å². The average Bonchev–Trinajstić information content (AvgIpc) is 2.51. The Morgan fingerprint density at radius 1 is 1.24 bits per heavy atom. The van der Waals surface area contributed by atoms with Crippen molar-refractivity contribution in [3.63, 3.8) is 0 Å². The zero-order valence-corrected chi connectivity index (χ0v) is 13.8. The molecule has 0 fully saturated rings. The van der Waals surface area contributed by atoms with Crippen molar-refractivity contribution in [2.45, 2.75) is 33.0 Å². The first-order valence-corrected chi connectivity index (χ1v) is 7.76. The molecule has 1 amide bonds. The van der Waals surface area contributed by atoms with Crippen molar-refractivity contribution >= 4 is 16.7 Å². The quantitative estimate of drug-likeness (QED) is 0.832. The van der Waals surface area contributed by atoms with Crippen molar-refractivity contribution in [2.75, 3.05) is 6.54 Å². The van der Waals surface area contributed by atoms with Crippen LogP contribution < -0.4 is 10.9 Å². The van der Waals surface area contributed by atoms with Crippen LogP contribution in [0.1, 0.15) is 30.8 Å². The third-order valence-corrected chi connectivity index (χ3v) is 3.69. The molecule has 1 N–H and O–H groups in total. The van der Waals surface area contributed by atoms with Crippen LogP contribution in [-0.4, -0.2) is 23.2 Å². The molecule has 0 atom stereocenters. The molecule has 136 valence electrons. The van der Waals surface area contributed by atoms with E-state index in [0.717, 1.165) is 16.7 Å². The molecule has 4 nitrogen and oxygen atoms in total. The Balaban J connectivity index is 2.52. The summed E-state index contributed by atoms with van der Waals surface area (Å²) in [6, 6.07) is 4.81. The molecule has 8 heteroatoms. The van der Waals surface area contributed by atoms with E-state index in [2.05, 4.69) is 0 Å². The van der Waals surface area contributed by atoms with E-state index in [1.54, 1.807) is 5.32 Å². The van der Waals surface area contributed by atoms with Gasteiger partial charge in [-0.05, 0) is 35.9 Å². The van der Waals surface area contributed by atoms with Crippen LogP contribution in [0.4, 0.5) is 17.6 Å². The number of rotatable bonds is 5. The second-order valence-corrected chi connectivity index (χ2v) is 6.20. The molecular formula is C17H18F4N2O2. The van der Waals surface area contributed by atoms with Crippen molar-refractivity contribution in [1.29, 1.82) is 0 Å². The molecule has 1 heterocycles. The fraction of sp³-hybridized carbons (Fsp3) is 0.412. The number of nitrogens with zero attached hydrogens (tertiary/aromatic N) is 1. The molecule has 0 aliphatic rings. The molecule has 25 heavy (non-hydrogen) atoms. The van der Waals surface area contributed by atoms with E-state index in [-0.39, 0.29) is 23.5 Å². The van der Waals surface area contributed by atoms with E-state index < -0.39 is 30.0 Å². The maximum absolute atomic E-state index is 13.4. The smallest absolute Gasteiger partial charge is 0.342 e.